The summed E-state index contributed by atoms with van der Waals surface area (Å²) >= 11 is 0. The number of aliphatic hydroxyl groups is 1. The third kappa shape index (κ3) is 6.46. The van der Waals surface area contributed by atoms with E-state index in [-0.39, 0.29) is 40.5 Å². The molecule has 1 unspecified atom stereocenters. The fourth-order valence-corrected chi connectivity index (χ4v) is 3.76. The minimum atomic E-state index is -2.98. The molecule has 1 N–H and O–H groups in total. The first kappa shape index (κ1) is 27.3. The molecular weight excluding hydrogens is 474 g/mol. The zero-order chi connectivity index (χ0) is 26.6. The molecule has 3 rings (SSSR count). The van der Waals surface area contributed by atoms with Gasteiger partial charge >= 0.3 is 6.61 Å². The van der Waals surface area contributed by atoms with Crippen LogP contribution in [0.25, 0.3) is 11.1 Å². The Morgan fingerprint density at radius 1 is 1.08 bits per heavy atom. The molecule has 0 bridgehead atoms. The van der Waals surface area contributed by atoms with Crippen LogP contribution in [-0.4, -0.2) is 33.6 Å². The van der Waals surface area contributed by atoms with Crippen LogP contribution in [-0.2, 0) is 5.60 Å². The zero-order valence-corrected chi connectivity index (χ0v) is 20.8. The summed E-state index contributed by atoms with van der Waals surface area (Å²) in [6, 6.07) is 9.40. The molecule has 9 heteroatoms. The predicted molar refractivity (Wildman–Crippen MR) is 131 cm³/mol. The molecule has 36 heavy (non-hydrogen) atoms. The number of aliphatic imine (C=N–C) groups is 1. The predicted octanol–water partition coefficient (Wildman–Crippen LogP) is 7.04. The van der Waals surface area contributed by atoms with E-state index in [0.29, 0.717) is 11.1 Å². The lowest BCUT2D eigenvalue weighted by Gasteiger charge is -2.19. The number of halogens is 4. The molecule has 0 amide bonds. The standard InChI is InChI=1S/C27H29F4N3O2/c1-15(19-8-6-7-9-23(19)36-26(30)31)12-21(28)17(3)34-22-11-10-20(24(29)16(22)2)18-13-32-25(33-14-18)27(4,5)35/h6-11,13-15,21,26,35H,12H2,1-5H3/t15-,21?/m1/s1. The number of alkyl halides is 3. The third-order valence-corrected chi connectivity index (χ3v) is 5.84. The normalized spacial score (nSPS) is 14.1. The summed E-state index contributed by atoms with van der Waals surface area (Å²) in [4.78, 5) is 12.5. The summed E-state index contributed by atoms with van der Waals surface area (Å²) in [6.45, 7) is 4.90. The SMILES string of the molecule is CC(=Nc1ccc(-c2cnc(C(C)(C)O)nc2)c(F)c1C)C(F)C[C@@H](C)c1ccccc1OC(F)F. The maximum atomic E-state index is 15.2. The molecule has 0 saturated heterocycles. The number of nitrogens with zero attached hydrogens (tertiary/aromatic N) is 3. The Morgan fingerprint density at radius 2 is 1.72 bits per heavy atom. The van der Waals surface area contributed by atoms with Crippen molar-refractivity contribution in [3.63, 3.8) is 0 Å². The molecule has 0 aliphatic heterocycles. The van der Waals surface area contributed by atoms with E-state index in [1.807, 2.05) is 0 Å². The molecule has 0 fully saturated rings. The van der Waals surface area contributed by atoms with Crippen molar-refractivity contribution in [3.05, 3.63) is 71.6 Å². The van der Waals surface area contributed by atoms with Gasteiger partial charge in [-0.15, -0.1) is 0 Å². The molecule has 5 nitrogen and oxygen atoms in total. The lowest BCUT2D eigenvalue weighted by atomic mass is 9.93. The lowest BCUT2D eigenvalue weighted by Crippen LogP contribution is -2.19. The number of ether oxygens (including phenoxy) is 1. The van der Waals surface area contributed by atoms with E-state index in [1.165, 1.54) is 31.5 Å². The van der Waals surface area contributed by atoms with Crippen LogP contribution in [0, 0.1) is 12.7 Å². The molecule has 0 aliphatic carbocycles. The van der Waals surface area contributed by atoms with Gasteiger partial charge in [0.25, 0.3) is 0 Å². The fraction of sp³-hybridized carbons (Fsp3) is 0.370. The van der Waals surface area contributed by atoms with Gasteiger partial charge in [-0.2, -0.15) is 8.78 Å². The average molecular weight is 504 g/mol. The zero-order valence-electron chi connectivity index (χ0n) is 20.8. The Labute approximate surface area is 207 Å². The van der Waals surface area contributed by atoms with Gasteiger partial charge < -0.3 is 9.84 Å². The maximum Gasteiger partial charge on any atom is 0.387 e. The van der Waals surface area contributed by atoms with Crippen LogP contribution in [0.4, 0.5) is 23.2 Å². The van der Waals surface area contributed by atoms with Crippen LogP contribution in [0.15, 0.2) is 53.8 Å². The van der Waals surface area contributed by atoms with Crippen LogP contribution in [0.5, 0.6) is 5.75 Å². The van der Waals surface area contributed by atoms with Crippen molar-refractivity contribution in [2.75, 3.05) is 0 Å². The summed E-state index contributed by atoms with van der Waals surface area (Å²) in [5, 5.41) is 10.0. The summed E-state index contributed by atoms with van der Waals surface area (Å²) in [6.07, 6.45) is 1.37. The largest absolute Gasteiger partial charge is 0.435 e. The minimum Gasteiger partial charge on any atom is -0.435 e. The van der Waals surface area contributed by atoms with Gasteiger partial charge in [0.15, 0.2) is 5.82 Å². The van der Waals surface area contributed by atoms with E-state index in [0.717, 1.165) is 0 Å². The van der Waals surface area contributed by atoms with Gasteiger partial charge in [-0.25, -0.2) is 18.7 Å². The molecule has 3 aromatic rings. The van der Waals surface area contributed by atoms with E-state index in [2.05, 4.69) is 19.7 Å². The number of aromatic nitrogens is 2. The number of rotatable bonds is 9. The van der Waals surface area contributed by atoms with Crippen LogP contribution in [0.2, 0.25) is 0 Å². The molecule has 2 aromatic carbocycles. The Morgan fingerprint density at radius 3 is 2.33 bits per heavy atom. The molecule has 1 heterocycles. The van der Waals surface area contributed by atoms with Gasteiger partial charge in [0, 0.05) is 34.8 Å². The van der Waals surface area contributed by atoms with E-state index in [1.54, 1.807) is 52.0 Å². The first-order valence-corrected chi connectivity index (χ1v) is 11.5. The Hall–Kier alpha value is -3.33. The van der Waals surface area contributed by atoms with Crippen molar-refractivity contribution in [2.45, 2.75) is 65.3 Å². The van der Waals surface area contributed by atoms with Gasteiger partial charge in [0.05, 0.1) is 5.69 Å². The van der Waals surface area contributed by atoms with E-state index < -0.39 is 30.1 Å². The Balaban J connectivity index is 1.79. The van der Waals surface area contributed by atoms with Gasteiger partial charge in [-0.3, -0.25) is 4.99 Å². The highest BCUT2D eigenvalue weighted by atomic mass is 19.3. The second-order valence-corrected chi connectivity index (χ2v) is 9.20. The van der Waals surface area contributed by atoms with E-state index in [9.17, 15) is 13.9 Å². The topological polar surface area (TPSA) is 67.6 Å². The molecule has 192 valence electrons. The number of para-hydroxylation sites is 1. The van der Waals surface area contributed by atoms with Crippen molar-refractivity contribution in [1.29, 1.82) is 0 Å². The minimum absolute atomic E-state index is 0.00913. The second-order valence-electron chi connectivity index (χ2n) is 9.20. The van der Waals surface area contributed by atoms with Crippen molar-refractivity contribution in [3.8, 4) is 16.9 Å². The highest BCUT2D eigenvalue weighted by Crippen LogP contribution is 2.33. The fourth-order valence-electron chi connectivity index (χ4n) is 3.76. The summed E-state index contributed by atoms with van der Waals surface area (Å²) in [5.41, 5.74) is 0.584. The van der Waals surface area contributed by atoms with Crippen LogP contribution >= 0.6 is 0 Å². The molecule has 2 atom stereocenters. The number of hydrogen-bond donors (Lipinski definition) is 1. The highest BCUT2D eigenvalue weighted by Gasteiger charge is 2.22. The Bertz CT molecular complexity index is 1220. The van der Waals surface area contributed by atoms with Gasteiger partial charge in [-0.05, 0) is 63.8 Å². The van der Waals surface area contributed by atoms with Crippen LogP contribution in [0.3, 0.4) is 0 Å². The first-order valence-electron chi connectivity index (χ1n) is 11.5. The van der Waals surface area contributed by atoms with Crippen LogP contribution < -0.4 is 4.74 Å². The molecule has 0 radical (unpaired) electrons. The summed E-state index contributed by atoms with van der Waals surface area (Å²) in [5.74, 6) is -0.737. The van der Waals surface area contributed by atoms with Crippen molar-refractivity contribution < 1.29 is 27.4 Å². The third-order valence-electron chi connectivity index (χ3n) is 5.84. The number of hydrogen-bond acceptors (Lipinski definition) is 5. The van der Waals surface area contributed by atoms with Gasteiger partial charge in [-0.1, -0.05) is 25.1 Å². The summed E-state index contributed by atoms with van der Waals surface area (Å²) in [7, 11) is 0. The number of benzene rings is 2. The molecule has 0 aliphatic rings. The Kier molecular flexibility index (Phi) is 8.45. The monoisotopic (exact) mass is 503 g/mol. The van der Waals surface area contributed by atoms with Crippen molar-refractivity contribution in [2.24, 2.45) is 4.99 Å². The van der Waals surface area contributed by atoms with Crippen molar-refractivity contribution >= 4 is 11.4 Å². The molecule has 0 saturated carbocycles. The molecular formula is C27H29F4N3O2. The first-order chi connectivity index (χ1) is 16.9. The second kappa shape index (κ2) is 11.2. The molecule has 0 spiro atoms. The highest BCUT2D eigenvalue weighted by molar-refractivity contribution is 5.89. The van der Waals surface area contributed by atoms with E-state index in [4.69, 9.17) is 0 Å². The quantitative estimate of drug-likeness (QED) is 0.251. The smallest absolute Gasteiger partial charge is 0.387 e. The van der Waals surface area contributed by atoms with Gasteiger partial charge in [0.1, 0.15) is 23.3 Å². The lowest BCUT2D eigenvalue weighted by molar-refractivity contribution is -0.0506. The van der Waals surface area contributed by atoms with Crippen molar-refractivity contribution in [1.82, 2.24) is 9.97 Å². The summed E-state index contributed by atoms with van der Waals surface area (Å²) < 4.78 is 60.2. The van der Waals surface area contributed by atoms with Crippen LogP contribution in [0.1, 0.15) is 57.0 Å². The molecule has 1 aromatic heterocycles. The maximum absolute atomic E-state index is 15.2. The average Bonchev–Trinajstić information content (AvgIpc) is 2.81. The van der Waals surface area contributed by atoms with E-state index >= 15 is 8.78 Å². The van der Waals surface area contributed by atoms with Gasteiger partial charge in [0.2, 0.25) is 0 Å².